The van der Waals surface area contributed by atoms with Crippen molar-refractivity contribution in [2.75, 3.05) is 5.32 Å². The second-order valence-electron chi connectivity index (χ2n) is 5.82. The SMILES string of the molecule is CCC(CC)C(=O)Nc1ccc(-c2ccc3nnc(C)n3n2)cc1. The molecule has 0 aliphatic carbocycles. The number of amides is 1. The first-order valence-corrected chi connectivity index (χ1v) is 8.22. The molecule has 0 unspecified atom stereocenters. The summed E-state index contributed by atoms with van der Waals surface area (Å²) in [7, 11) is 0. The molecule has 0 saturated carbocycles. The Bertz CT molecular complexity index is 849. The Balaban J connectivity index is 1.80. The molecule has 3 aromatic rings. The van der Waals surface area contributed by atoms with Crippen LogP contribution >= 0.6 is 0 Å². The second kappa shape index (κ2) is 6.78. The van der Waals surface area contributed by atoms with E-state index in [9.17, 15) is 4.79 Å². The van der Waals surface area contributed by atoms with E-state index in [2.05, 4.69) is 20.6 Å². The molecule has 0 radical (unpaired) electrons. The number of fused-ring (bicyclic) bond motifs is 1. The van der Waals surface area contributed by atoms with Crippen molar-refractivity contribution in [3.8, 4) is 11.3 Å². The van der Waals surface area contributed by atoms with Crippen LogP contribution in [0.5, 0.6) is 0 Å². The molecule has 6 heteroatoms. The number of aryl methyl sites for hydroxylation is 1. The molecule has 24 heavy (non-hydrogen) atoms. The summed E-state index contributed by atoms with van der Waals surface area (Å²) in [5, 5.41) is 15.6. The van der Waals surface area contributed by atoms with Crippen molar-refractivity contribution < 1.29 is 4.79 Å². The monoisotopic (exact) mass is 323 g/mol. The van der Waals surface area contributed by atoms with Crippen LogP contribution in [-0.2, 0) is 4.79 Å². The van der Waals surface area contributed by atoms with E-state index in [0.717, 1.165) is 41.3 Å². The van der Waals surface area contributed by atoms with Gasteiger partial charge in [0, 0.05) is 17.2 Å². The number of anilines is 1. The van der Waals surface area contributed by atoms with Gasteiger partial charge >= 0.3 is 0 Å². The Morgan fingerprint density at radius 3 is 2.46 bits per heavy atom. The van der Waals surface area contributed by atoms with Gasteiger partial charge in [-0.25, -0.2) is 0 Å². The predicted octanol–water partition coefficient (Wildman–Crippen LogP) is 3.47. The Hall–Kier alpha value is -2.76. The normalized spacial score (nSPS) is 11.2. The largest absolute Gasteiger partial charge is 0.326 e. The van der Waals surface area contributed by atoms with Gasteiger partial charge in [-0.2, -0.15) is 9.61 Å². The van der Waals surface area contributed by atoms with E-state index in [1.807, 2.05) is 57.2 Å². The Labute approximate surface area is 140 Å². The van der Waals surface area contributed by atoms with E-state index in [1.165, 1.54) is 0 Å². The van der Waals surface area contributed by atoms with E-state index < -0.39 is 0 Å². The van der Waals surface area contributed by atoms with Gasteiger partial charge in [-0.15, -0.1) is 10.2 Å². The third-order valence-corrected chi connectivity index (χ3v) is 4.22. The van der Waals surface area contributed by atoms with Crippen LogP contribution in [0.2, 0.25) is 0 Å². The van der Waals surface area contributed by atoms with Crippen LogP contribution in [0, 0.1) is 12.8 Å². The number of hydrogen-bond acceptors (Lipinski definition) is 4. The van der Waals surface area contributed by atoms with Gasteiger partial charge < -0.3 is 5.32 Å². The number of benzene rings is 1. The molecule has 0 aliphatic rings. The Morgan fingerprint density at radius 1 is 1.08 bits per heavy atom. The van der Waals surface area contributed by atoms with E-state index >= 15 is 0 Å². The van der Waals surface area contributed by atoms with Gasteiger partial charge in [0.2, 0.25) is 5.91 Å². The molecule has 0 atom stereocenters. The molecule has 0 spiro atoms. The minimum Gasteiger partial charge on any atom is -0.326 e. The number of carbonyl (C=O) groups excluding carboxylic acids is 1. The van der Waals surface area contributed by atoms with Gasteiger partial charge in [0.25, 0.3) is 0 Å². The maximum atomic E-state index is 12.1. The fourth-order valence-electron chi connectivity index (χ4n) is 2.68. The number of aromatic nitrogens is 4. The van der Waals surface area contributed by atoms with Crippen LogP contribution in [0.3, 0.4) is 0 Å². The summed E-state index contributed by atoms with van der Waals surface area (Å²) in [5.41, 5.74) is 3.34. The Kier molecular flexibility index (Phi) is 4.55. The standard InChI is InChI=1S/C18H21N5O/c1-4-13(5-2)18(24)19-15-8-6-14(7-9-15)16-10-11-17-21-20-12(3)23(17)22-16/h6-11,13H,4-5H2,1-3H3,(H,19,24). The lowest BCUT2D eigenvalue weighted by molar-refractivity contribution is -0.120. The maximum absolute atomic E-state index is 12.1. The van der Waals surface area contributed by atoms with E-state index in [4.69, 9.17) is 0 Å². The molecule has 124 valence electrons. The number of rotatable bonds is 5. The van der Waals surface area contributed by atoms with E-state index in [-0.39, 0.29) is 11.8 Å². The molecule has 0 bridgehead atoms. The van der Waals surface area contributed by atoms with E-state index in [0.29, 0.717) is 0 Å². The number of nitrogens with zero attached hydrogens (tertiary/aromatic N) is 4. The lowest BCUT2D eigenvalue weighted by atomic mass is 10.0. The van der Waals surface area contributed by atoms with Crippen LogP contribution < -0.4 is 5.32 Å². The van der Waals surface area contributed by atoms with Crippen molar-refractivity contribution in [3.63, 3.8) is 0 Å². The van der Waals surface area contributed by atoms with Crippen molar-refractivity contribution in [3.05, 3.63) is 42.2 Å². The highest BCUT2D eigenvalue weighted by molar-refractivity contribution is 5.92. The summed E-state index contributed by atoms with van der Waals surface area (Å²) >= 11 is 0. The highest BCUT2D eigenvalue weighted by Gasteiger charge is 2.14. The van der Waals surface area contributed by atoms with Gasteiger partial charge in [-0.3, -0.25) is 4.79 Å². The van der Waals surface area contributed by atoms with Crippen molar-refractivity contribution in [2.24, 2.45) is 5.92 Å². The summed E-state index contributed by atoms with van der Waals surface area (Å²) in [6, 6.07) is 11.5. The van der Waals surface area contributed by atoms with Crippen LogP contribution in [0.1, 0.15) is 32.5 Å². The zero-order valence-electron chi connectivity index (χ0n) is 14.2. The third-order valence-electron chi connectivity index (χ3n) is 4.22. The molecule has 2 aromatic heterocycles. The zero-order chi connectivity index (χ0) is 17.1. The van der Waals surface area contributed by atoms with E-state index in [1.54, 1.807) is 4.52 Å². The molecular weight excluding hydrogens is 302 g/mol. The summed E-state index contributed by atoms with van der Waals surface area (Å²) in [6.45, 7) is 5.94. The van der Waals surface area contributed by atoms with Crippen LogP contribution in [0.4, 0.5) is 5.69 Å². The van der Waals surface area contributed by atoms with Gasteiger partial charge in [0.05, 0.1) is 5.69 Å². The summed E-state index contributed by atoms with van der Waals surface area (Å²) < 4.78 is 1.72. The van der Waals surface area contributed by atoms with Gasteiger partial charge in [-0.05, 0) is 44.0 Å². The smallest absolute Gasteiger partial charge is 0.227 e. The third kappa shape index (κ3) is 3.13. The summed E-state index contributed by atoms with van der Waals surface area (Å²) in [6.07, 6.45) is 1.70. The fourth-order valence-corrected chi connectivity index (χ4v) is 2.68. The summed E-state index contributed by atoms with van der Waals surface area (Å²) in [4.78, 5) is 12.1. The molecule has 0 fully saturated rings. The van der Waals surface area contributed by atoms with Crippen LogP contribution in [0.25, 0.3) is 16.9 Å². The van der Waals surface area contributed by atoms with Gasteiger partial charge in [-0.1, -0.05) is 26.0 Å². The maximum Gasteiger partial charge on any atom is 0.227 e. The van der Waals surface area contributed by atoms with Crippen molar-refractivity contribution in [2.45, 2.75) is 33.6 Å². The molecule has 1 N–H and O–H groups in total. The average Bonchev–Trinajstić information content (AvgIpc) is 2.97. The fraction of sp³-hybridized carbons (Fsp3) is 0.333. The lowest BCUT2D eigenvalue weighted by Gasteiger charge is -2.13. The quantitative estimate of drug-likeness (QED) is 0.780. The minimum absolute atomic E-state index is 0.0606. The highest BCUT2D eigenvalue weighted by atomic mass is 16.1. The van der Waals surface area contributed by atoms with Gasteiger partial charge in [0.1, 0.15) is 0 Å². The minimum atomic E-state index is 0.0606. The van der Waals surface area contributed by atoms with Crippen molar-refractivity contribution >= 4 is 17.2 Å². The first-order chi connectivity index (χ1) is 11.6. The van der Waals surface area contributed by atoms with Crippen LogP contribution in [-0.4, -0.2) is 25.7 Å². The highest BCUT2D eigenvalue weighted by Crippen LogP contribution is 2.21. The summed E-state index contributed by atoms with van der Waals surface area (Å²) in [5.74, 6) is 0.888. The second-order valence-corrected chi connectivity index (χ2v) is 5.82. The molecule has 1 amide bonds. The number of hydrogen-bond donors (Lipinski definition) is 1. The molecule has 1 aromatic carbocycles. The lowest BCUT2D eigenvalue weighted by Crippen LogP contribution is -2.21. The van der Waals surface area contributed by atoms with Crippen molar-refractivity contribution in [1.29, 1.82) is 0 Å². The predicted molar refractivity (Wildman–Crippen MR) is 93.7 cm³/mol. The topological polar surface area (TPSA) is 72.2 Å². The van der Waals surface area contributed by atoms with Gasteiger partial charge in [0.15, 0.2) is 11.5 Å². The number of carbonyl (C=O) groups is 1. The van der Waals surface area contributed by atoms with Crippen molar-refractivity contribution in [1.82, 2.24) is 19.8 Å². The number of nitrogens with one attached hydrogen (secondary N) is 1. The zero-order valence-corrected chi connectivity index (χ0v) is 14.2. The molecule has 0 aliphatic heterocycles. The first-order valence-electron chi connectivity index (χ1n) is 8.22. The Morgan fingerprint density at radius 2 is 1.79 bits per heavy atom. The first kappa shape index (κ1) is 16.1. The molecule has 6 nitrogen and oxygen atoms in total. The molecule has 0 saturated heterocycles. The molecule has 3 rings (SSSR count). The molecular formula is C18H21N5O. The molecule has 2 heterocycles. The van der Waals surface area contributed by atoms with Crippen LogP contribution in [0.15, 0.2) is 36.4 Å². The average molecular weight is 323 g/mol.